The number of anilines is 1. The molecule has 39 heavy (non-hydrogen) atoms. The van der Waals surface area contributed by atoms with Gasteiger partial charge in [-0.3, -0.25) is 14.4 Å². The largest absolute Gasteiger partial charge is 0.376 e. The van der Waals surface area contributed by atoms with Crippen molar-refractivity contribution >= 4 is 23.4 Å². The maximum atomic E-state index is 13.9. The minimum atomic E-state index is -0.658. The van der Waals surface area contributed by atoms with Crippen molar-refractivity contribution in [3.63, 3.8) is 0 Å². The molecule has 3 N–H and O–H groups in total. The topological polar surface area (TPSA) is 93.8 Å². The molecule has 1 fully saturated rings. The summed E-state index contributed by atoms with van der Waals surface area (Å²) >= 11 is 0. The molecule has 8 nitrogen and oxygen atoms in total. The lowest BCUT2D eigenvalue weighted by atomic mass is 9.85. The van der Waals surface area contributed by atoms with Gasteiger partial charge in [0.25, 0.3) is 0 Å². The van der Waals surface area contributed by atoms with Crippen LogP contribution in [0.5, 0.6) is 0 Å². The molecule has 1 saturated heterocycles. The van der Waals surface area contributed by atoms with E-state index in [1.807, 2.05) is 79.1 Å². The highest BCUT2D eigenvalue weighted by Crippen LogP contribution is 2.26. The Morgan fingerprint density at radius 2 is 1.67 bits per heavy atom. The summed E-state index contributed by atoms with van der Waals surface area (Å²) in [5, 5.41) is 9.16. The highest BCUT2D eigenvalue weighted by Gasteiger charge is 2.40. The van der Waals surface area contributed by atoms with E-state index in [0.29, 0.717) is 19.6 Å². The van der Waals surface area contributed by atoms with Crippen molar-refractivity contribution < 1.29 is 14.4 Å². The van der Waals surface area contributed by atoms with Crippen molar-refractivity contribution in [2.24, 2.45) is 5.41 Å². The van der Waals surface area contributed by atoms with Gasteiger partial charge in [-0.2, -0.15) is 0 Å². The Morgan fingerprint density at radius 3 is 2.28 bits per heavy atom. The molecule has 0 saturated carbocycles. The van der Waals surface area contributed by atoms with Crippen LogP contribution in [-0.4, -0.2) is 78.9 Å². The van der Waals surface area contributed by atoms with Gasteiger partial charge in [0.1, 0.15) is 6.04 Å². The highest BCUT2D eigenvalue weighted by molar-refractivity contribution is 5.90. The van der Waals surface area contributed by atoms with E-state index in [-0.39, 0.29) is 30.3 Å². The molecule has 0 radical (unpaired) electrons. The molecular formula is C31H45N5O3. The number of carbonyl (C=O) groups is 3. The van der Waals surface area contributed by atoms with Crippen LogP contribution in [-0.2, 0) is 20.8 Å². The fraction of sp³-hybridized carbons (Fsp3) is 0.516. The van der Waals surface area contributed by atoms with Crippen LogP contribution < -0.4 is 16.0 Å². The average molecular weight is 536 g/mol. The Hall–Kier alpha value is -3.39. The number of nitrogens with one attached hydrogen (secondary N) is 3. The van der Waals surface area contributed by atoms with Crippen LogP contribution >= 0.6 is 0 Å². The minimum absolute atomic E-state index is 0.00222. The molecule has 212 valence electrons. The summed E-state index contributed by atoms with van der Waals surface area (Å²) in [6.45, 7) is 9.51. The van der Waals surface area contributed by atoms with E-state index in [4.69, 9.17) is 0 Å². The molecule has 2 aromatic carbocycles. The zero-order valence-corrected chi connectivity index (χ0v) is 24.1. The molecule has 1 aliphatic heterocycles. The number of amides is 3. The second-order valence-electron chi connectivity index (χ2n) is 11.4. The zero-order valence-electron chi connectivity index (χ0n) is 24.1. The maximum Gasteiger partial charge on any atom is 0.246 e. The van der Waals surface area contributed by atoms with Crippen LogP contribution in [0.2, 0.25) is 0 Å². The predicted octanol–water partition coefficient (Wildman–Crippen LogP) is 3.30. The molecule has 3 atom stereocenters. The van der Waals surface area contributed by atoms with E-state index in [9.17, 15) is 14.4 Å². The average Bonchev–Trinajstić information content (AvgIpc) is 3.40. The third-order valence-corrected chi connectivity index (χ3v) is 7.40. The summed E-state index contributed by atoms with van der Waals surface area (Å²) in [5.41, 5.74) is 1.60. The van der Waals surface area contributed by atoms with Gasteiger partial charge in [-0.1, -0.05) is 69.3 Å². The van der Waals surface area contributed by atoms with Crippen LogP contribution in [0.4, 0.5) is 5.69 Å². The van der Waals surface area contributed by atoms with Crippen LogP contribution in [0.3, 0.4) is 0 Å². The number of benzene rings is 2. The molecule has 3 amide bonds. The lowest BCUT2D eigenvalue weighted by Gasteiger charge is -2.37. The Bertz CT molecular complexity index is 1070. The quantitative estimate of drug-likeness (QED) is 0.388. The number of rotatable bonds is 12. The Kier molecular flexibility index (Phi) is 10.9. The van der Waals surface area contributed by atoms with Crippen LogP contribution in [0, 0.1) is 5.41 Å². The molecule has 0 unspecified atom stereocenters. The highest BCUT2D eigenvalue weighted by atomic mass is 16.2. The lowest BCUT2D eigenvalue weighted by molar-refractivity contribution is -0.141. The summed E-state index contributed by atoms with van der Waals surface area (Å²) in [6.07, 6.45) is 2.43. The van der Waals surface area contributed by atoms with E-state index in [1.54, 1.807) is 14.0 Å². The van der Waals surface area contributed by atoms with E-state index >= 15 is 0 Å². The second kappa shape index (κ2) is 14.1. The summed E-state index contributed by atoms with van der Waals surface area (Å²) in [5.74, 6) is -0.287. The third kappa shape index (κ3) is 8.82. The molecule has 0 spiro atoms. The number of para-hydroxylation sites is 1. The van der Waals surface area contributed by atoms with Crippen LogP contribution in [0.15, 0.2) is 60.7 Å². The van der Waals surface area contributed by atoms with E-state index in [2.05, 4.69) is 28.1 Å². The molecule has 2 aromatic rings. The molecule has 8 heteroatoms. The van der Waals surface area contributed by atoms with Crippen molar-refractivity contribution in [2.45, 2.75) is 65.1 Å². The Morgan fingerprint density at radius 1 is 1.03 bits per heavy atom. The Balaban J connectivity index is 1.74. The second-order valence-corrected chi connectivity index (χ2v) is 11.4. The normalized spacial score (nSPS) is 16.8. The summed E-state index contributed by atoms with van der Waals surface area (Å²) in [4.78, 5) is 43.8. The lowest BCUT2D eigenvalue weighted by Crippen LogP contribution is -2.59. The number of hydrogen-bond acceptors (Lipinski definition) is 5. The number of nitrogens with zero attached hydrogens (tertiary/aromatic N) is 2. The molecule has 0 aliphatic carbocycles. The molecule has 0 bridgehead atoms. The van der Waals surface area contributed by atoms with Gasteiger partial charge in [-0.05, 0) is 56.3 Å². The SMILES string of the molecule is CN[C@@H](C)C(=O)N[C@H](C(=O)N1CCC[C@H]1CN(CCc1ccccc1)C(=O)CNc1ccccc1)C(C)(C)C. The van der Waals surface area contributed by atoms with Crippen molar-refractivity contribution in [1.29, 1.82) is 0 Å². The summed E-state index contributed by atoms with van der Waals surface area (Å²) in [6, 6.07) is 18.7. The number of hydrogen-bond donors (Lipinski definition) is 3. The van der Waals surface area contributed by atoms with Crippen molar-refractivity contribution in [3.05, 3.63) is 66.2 Å². The Labute approximate surface area is 233 Å². The molecule has 3 rings (SSSR count). The molecule has 1 heterocycles. The van der Waals surface area contributed by atoms with Gasteiger partial charge < -0.3 is 25.8 Å². The maximum absolute atomic E-state index is 13.9. The molecule has 0 aromatic heterocycles. The molecule has 1 aliphatic rings. The van der Waals surface area contributed by atoms with Gasteiger partial charge in [0.05, 0.1) is 12.6 Å². The van der Waals surface area contributed by atoms with Gasteiger partial charge in [-0.15, -0.1) is 0 Å². The number of likely N-dealkylation sites (tertiary alicyclic amines) is 1. The number of carbonyl (C=O) groups excluding carboxylic acids is 3. The summed E-state index contributed by atoms with van der Waals surface area (Å²) < 4.78 is 0. The molecular weight excluding hydrogens is 490 g/mol. The van der Waals surface area contributed by atoms with Crippen molar-refractivity contribution in [2.75, 3.05) is 38.5 Å². The van der Waals surface area contributed by atoms with Crippen molar-refractivity contribution in [3.8, 4) is 0 Å². The van der Waals surface area contributed by atoms with Crippen molar-refractivity contribution in [1.82, 2.24) is 20.4 Å². The van der Waals surface area contributed by atoms with E-state index in [1.165, 1.54) is 5.56 Å². The first-order chi connectivity index (χ1) is 18.6. The summed E-state index contributed by atoms with van der Waals surface area (Å²) in [7, 11) is 1.72. The first-order valence-electron chi connectivity index (χ1n) is 14.0. The van der Waals surface area contributed by atoms with Gasteiger partial charge in [0.15, 0.2) is 0 Å². The smallest absolute Gasteiger partial charge is 0.246 e. The van der Waals surface area contributed by atoms with Crippen LogP contribution in [0.25, 0.3) is 0 Å². The minimum Gasteiger partial charge on any atom is -0.376 e. The van der Waals surface area contributed by atoms with Gasteiger partial charge in [0.2, 0.25) is 17.7 Å². The van der Waals surface area contributed by atoms with Gasteiger partial charge in [0, 0.05) is 31.4 Å². The fourth-order valence-corrected chi connectivity index (χ4v) is 4.85. The third-order valence-electron chi connectivity index (χ3n) is 7.40. The van der Waals surface area contributed by atoms with Gasteiger partial charge >= 0.3 is 0 Å². The predicted molar refractivity (Wildman–Crippen MR) is 156 cm³/mol. The van der Waals surface area contributed by atoms with E-state index < -0.39 is 17.5 Å². The number of likely N-dealkylation sites (N-methyl/N-ethyl adjacent to an activating group) is 1. The zero-order chi connectivity index (χ0) is 28.4. The van der Waals surface area contributed by atoms with Gasteiger partial charge in [-0.25, -0.2) is 0 Å². The standard InChI is InChI=1S/C31H45N5O3/c1-23(32-5)29(38)34-28(31(2,3)4)30(39)36-19-12-17-26(36)22-35(20-18-24-13-8-6-9-14-24)27(37)21-33-25-15-10-7-11-16-25/h6-11,13-16,23,26,28,32-33H,12,17-22H2,1-5H3,(H,34,38)/t23-,26-,28+/m0/s1. The fourth-order valence-electron chi connectivity index (χ4n) is 4.85. The van der Waals surface area contributed by atoms with E-state index in [0.717, 1.165) is 24.9 Å². The first kappa shape index (κ1) is 30.2. The van der Waals surface area contributed by atoms with Crippen LogP contribution in [0.1, 0.15) is 46.1 Å². The monoisotopic (exact) mass is 535 g/mol. The first-order valence-corrected chi connectivity index (χ1v) is 14.0.